The lowest BCUT2D eigenvalue weighted by Crippen LogP contribution is -2.34. The fourth-order valence-electron chi connectivity index (χ4n) is 2.71. The van der Waals surface area contributed by atoms with Crippen molar-refractivity contribution in [3.63, 3.8) is 0 Å². The summed E-state index contributed by atoms with van der Waals surface area (Å²) in [5.74, 6) is 0.0717. The Labute approximate surface area is 131 Å². The smallest absolute Gasteiger partial charge is 0.220 e. The Morgan fingerprint density at radius 1 is 1.41 bits per heavy atom. The zero-order valence-electron chi connectivity index (χ0n) is 14.0. The third-order valence-corrected chi connectivity index (χ3v) is 3.94. The van der Waals surface area contributed by atoms with Crippen LogP contribution >= 0.6 is 0 Å². The quantitative estimate of drug-likeness (QED) is 0.853. The molecule has 1 amide bonds. The van der Waals surface area contributed by atoms with E-state index in [1.807, 2.05) is 45.5 Å². The maximum absolute atomic E-state index is 12.1. The van der Waals surface area contributed by atoms with Gasteiger partial charge in [-0.2, -0.15) is 10.2 Å². The number of rotatable bonds is 6. The average Bonchev–Trinajstić information content (AvgIpc) is 2.92. The molecule has 0 aliphatic carbocycles. The molecule has 0 aromatic carbocycles. The molecule has 0 aliphatic rings. The molecule has 0 bridgehead atoms. The minimum absolute atomic E-state index is 0.0717. The number of nitrogens with zero attached hydrogens (tertiary/aromatic N) is 3. The lowest BCUT2D eigenvalue weighted by atomic mass is 10.1. The molecule has 2 heterocycles. The van der Waals surface area contributed by atoms with Crippen molar-refractivity contribution in [2.45, 2.75) is 53.0 Å². The monoisotopic (exact) mass is 303 g/mol. The molecule has 22 heavy (non-hydrogen) atoms. The summed E-state index contributed by atoms with van der Waals surface area (Å²) in [7, 11) is 1.93. The Balaban J connectivity index is 1.82. The number of H-pyrrole nitrogens is 1. The second kappa shape index (κ2) is 6.77. The molecule has 0 saturated heterocycles. The van der Waals surface area contributed by atoms with Crippen LogP contribution in [0.3, 0.4) is 0 Å². The second-order valence-corrected chi connectivity index (χ2v) is 5.99. The molecule has 0 radical (unpaired) electrons. The first-order valence-electron chi connectivity index (χ1n) is 7.66. The third kappa shape index (κ3) is 3.96. The Morgan fingerprint density at radius 3 is 2.68 bits per heavy atom. The lowest BCUT2D eigenvalue weighted by molar-refractivity contribution is -0.121. The number of carbonyl (C=O) groups excluding carboxylic acids is 1. The Hall–Kier alpha value is -2.11. The molecular weight excluding hydrogens is 278 g/mol. The Morgan fingerprint density at radius 2 is 2.14 bits per heavy atom. The van der Waals surface area contributed by atoms with Crippen molar-refractivity contribution in [1.82, 2.24) is 25.3 Å². The third-order valence-electron chi connectivity index (χ3n) is 3.94. The van der Waals surface area contributed by atoms with Gasteiger partial charge in [-0.15, -0.1) is 0 Å². The number of nitrogens with one attached hydrogen (secondary N) is 2. The lowest BCUT2D eigenvalue weighted by Gasteiger charge is -2.12. The topological polar surface area (TPSA) is 75.6 Å². The molecule has 2 aromatic heterocycles. The zero-order valence-corrected chi connectivity index (χ0v) is 14.0. The van der Waals surface area contributed by atoms with Crippen LogP contribution in [0.2, 0.25) is 0 Å². The van der Waals surface area contributed by atoms with E-state index < -0.39 is 0 Å². The SMILES string of the molecule is Cc1cc(C[C@H](C)NC(=O)CCc2c(C)nn(C)c2C)n[nH]1. The van der Waals surface area contributed by atoms with E-state index in [1.165, 1.54) is 5.56 Å². The van der Waals surface area contributed by atoms with Crippen LogP contribution in [0.4, 0.5) is 0 Å². The summed E-state index contributed by atoms with van der Waals surface area (Å²) in [6.45, 7) is 8.00. The van der Waals surface area contributed by atoms with Gasteiger partial charge in [0, 0.05) is 37.3 Å². The van der Waals surface area contributed by atoms with E-state index in [9.17, 15) is 4.79 Å². The molecule has 0 fully saturated rings. The van der Waals surface area contributed by atoms with E-state index in [4.69, 9.17) is 0 Å². The standard InChI is InChI=1S/C16H25N5O/c1-10(8-14-9-11(2)18-19-14)17-16(22)7-6-15-12(3)20-21(5)13(15)4/h9-10H,6-8H2,1-5H3,(H,17,22)(H,18,19)/t10-/m0/s1. The highest BCUT2D eigenvalue weighted by Gasteiger charge is 2.13. The number of aromatic nitrogens is 4. The van der Waals surface area contributed by atoms with E-state index in [0.717, 1.165) is 35.6 Å². The average molecular weight is 303 g/mol. The minimum Gasteiger partial charge on any atom is -0.353 e. The van der Waals surface area contributed by atoms with Gasteiger partial charge in [0.15, 0.2) is 0 Å². The van der Waals surface area contributed by atoms with E-state index in [-0.39, 0.29) is 11.9 Å². The maximum atomic E-state index is 12.1. The van der Waals surface area contributed by atoms with Crippen LogP contribution in [0.1, 0.15) is 41.7 Å². The Kier molecular flexibility index (Phi) is 5.00. The first-order chi connectivity index (χ1) is 10.4. The molecule has 6 nitrogen and oxygen atoms in total. The summed E-state index contributed by atoms with van der Waals surface area (Å²) in [6.07, 6.45) is 1.95. The van der Waals surface area contributed by atoms with Crippen LogP contribution in [0.5, 0.6) is 0 Å². The summed E-state index contributed by atoms with van der Waals surface area (Å²) in [4.78, 5) is 12.1. The summed E-state index contributed by atoms with van der Waals surface area (Å²) in [6, 6.07) is 2.08. The van der Waals surface area contributed by atoms with Gasteiger partial charge < -0.3 is 5.32 Å². The van der Waals surface area contributed by atoms with Gasteiger partial charge in [0.05, 0.1) is 11.4 Å². The molecule has 2 rings (SSSR count). The summed E-state index contributed by atoms with van der Waals surface area (Å²) >= 11 is 0. The largest absolute Gasteiger partial charge is 0.353 e. The summed E-state index contributed by atoms with van der Waals surface area (Å²) < 4.78 is 1.87. The normalized spacial score (nSPS) is 12.4. The first-order valence-corrected chi connectivity index (χ1v) is 7.66. The van der Waals surface area contributed by atoms with Gasteiger partial charge in [-0.3, -0.25) is 14.6 Å². The summed E-state index contributed by atoms with van der Waals surface area (Å²) in [5.41, 5.74) is 5.33. The molecule has 0 unspecified atom stereocenters. The first kappa shape index (κ1) is 16.3. The number of aromatic amines is 1. The van der Waals surface area contributed by atoms with Crippen molar-refractivity contribution in [1.29, 1.82) is 0 Å². The zero-order chi connectivity index (χ0) is 16.3. The van der Waals surface area contributed by atoms with Crippen molar-refractivity contribution in [3.8, 4) is 0 Å². The van der Waals surface area contributed by atoms with Gasteiger partial charge in [-0.05, 0) is 45.7 Å². The highest BCUT2D eigenvalue weighted by Crippen LogP contribution is 2.14. The molecule has 120 valence electrons. The number of aryl methyl sites for hydroxylation is 3. The van der Waals surface area contributed by atoms with E-state index in [0.29, 0.717) is 6.42 Å². The van der Waals surface area contributed by atoms with Gasteiger partial charge in [-0.1, -0.05) is 0 Å². The van der Waals surface area contributed by atoms with Crippen molar-refractivity contribution in [2.24, 2.45) is 7.05 Å². The molecule has 2 N–H and O–H groups in total. The Bertz CT molecular complexity index is 656. The van der Waals surface area contributed by atoms with Crippen LogP contribution in [-0.4, -0.2) is 31.9 Å². The fraction of sp³-hybridized carbons (Fsp3) is 0.562. The highest BCUT2D eigenvalue weighted by atomic mass is 16.1. The van der Waals surface area contributed by atoms with Crippen LogP contribution in [-0.2, 0) is 24.7 Å². The molecule has 0 aliphatic heterocycles. The van der Waals surface area contributed by atoms with Crippen molar-refractivity contribution in [3.05, 3.63) is 34.4 Å². The van der Waals surface area contributed by atoms with Gasteiger partial charge in [0.2, 0.25) is 5.91 Å². The maximum Gasteiger partial charge on any atom is 0.220 e. The van der Waals surface area contributed by atoms with Crippen LogP contribution < -0.4 is 5.32 Å². The molecule has 1 atom stereocenters. The van der Waals surface area contributed by atoms with Crippen molar-refractivity contribution >= 4 is 5.91 Å². The van der Waals surface area contributed by atoms with Crippen LogP contribution in [0.25, 0.3) is 0 Å². The predicted octanol–water partition coefficient (Wildman–Crippen LogP) is 1.75. The number of carbonyl (C=O) groups is 1. The number of amides is 1. The molecule has 0 saturated carbocycles. The molecule has 0 spiro atoms. The fourth-order valence-corrected chi connectivity index (χ4v) is 2.71. The summed E-state index contributed by atoms with van der Waals surface area (Å²) in [5, 5.41) is 14.5. The van der Waals surface area contributed by atoms with Crippen molar-refractivity contribution < 1.29 is 4.79 Å². The number of hydrogen-bond acceptors (Lipinski definition) is 3. The van der Waals surface area contributed by atoms with E-state index >= 15 is 0 Å². The van der Waals surface area contributed by atoms with Gasteiger partial charge >= 0.3 is 0 Å². The van der Waals surface area contributed by atoms with Gasteiger partial charge in [0.1, 0.15) is 0 Å². The van der Waals surface area contributed by atoms with E-state index in [2.05, 4.69) is 20.6 Å². The van der Waals surface area contributed by atoms with Gasteiger partial charge in [0.25, 0.3) is 0 Å². The molecule has 2 aromatic rings. The minimum atomic E-state index is 0.0717. The van der Waals surface area contributed by atoms with Crippen molar-refractivity contribution in [2.75, 3.05) is 0 Å². The van der Waals surface area contributed by atoms with Gasteiger partial charge in [-0.25, -0.2) is 0 Å². The molecule has 6 heteroatoms. The predicted molar refractivity (Wildman–Crippen MR) is 85.6 cm³/mol. The highest BCUT2D eigenvalue weighted by molar-refractivity contribution is 5.76. The second-order valence-electron chi connectivity index (χ2n) is 5.99. The number of hydrogen-bond donors (Lipinski definition) is 2. The molecular formula is C16H25N5O. The van der Waals surface area contributed by atoms with Crippen LogP contribution in [0, 0.1) is 20.8 Å². The van der Waals surface area contributed by atoms with Crippen LogP contribution in [0.15, 0.2) is 6.07 Å². The van der Waals surface area contributed by atoms with E-state index in [1.54, 1.807) is 0 Å².